The van der Waals surface area contributed by atoms with E-state index in [1.54, 1.807) is 4.57 Å². The van der Waals surface area contributed by atoms with Crippen LogP contribution in [0.2, 0.25) is 5.02 Å². The molecule has 0 unspecified atom stereocenters. The van der Waals surface area contributed by atoms with Crippen molar-refractivity contribution in [1.82, 2.24) is 19.5 Å². The van der Waals surface area contributed by atoms with E-state index < -0.39 is 5.82 Å². The molecule has 3 aromatic rings. The number of rotatable bonds is 5. The van der Waals surface area contributed by atoms with Crippen LogP contribution in [0.15, 0.2) is 34.5 Å². The number of amides is 1. The number of aromatic nitrogens is 4. The third-order valence-corrected chi connectivity index (χ3v) is 4.62. The van der Waals surface area contributed by atoms with Crippen molar-refractivity contribution in [2.75, 3.05) is 11.1 Å². The van der Waals surface area contributed by atoms with E-state index in [1.807, 2.05) is 6.92 Å². The van der Waals surface area contributed by atoms with Crippen LogP contribution in [0.3, 0.4) is 0 Å². The average molecular weight is 382 g/mol. The molecule has 0 aliphatic rings. The first-order valence-corrected chi connectivity index (χ1v) is 8.67. The molecule has 0 atom stereocenters. The van der Waals surface area contributed by atoms with Crippen LogP contribution in [-0.4, -0.2) is 31.2 Å². The van der Waals surface area contributed by atoms with Crippen LogP contribution in [0.4, 0.5) is 10.1 Å². The van der Waals surface area contributed by atoms with Crippen molar-refractivity contribution >= 4 is 46.1 Å². The number of aryl methyl sites for hydroxylation is 1. The minimum absolute atomic E-state index is 0.0657. The molecule has 0 saturated heterocycles. The lowest BCUT2D eigenvalue weighted by Gasteiger charge is -2.07. The fraction of sp³-hybridized carbons (Fsp3) is 0.200. The first-order valence-electron chi connectivity index (χ1n) is 7.31. The van der Waals surface area contributed by atoms with Crippen molar-refractivity contribution < 1.29 is 9.18 Å². The van der Waals surface area contributed by atoms with Crippen LogP contribution in [0, 0.1) is 5.82 Å². The number of carbonyl (C=O) groups is 1. The zero-order valence-corrected chi connectivity index (χ0v) is 14.6. The number of carbonyl (C=O) groups excluding carboxylic acids is 1. The van der Waals surface area contributed by atoms with Gasteiger partial charge >= 0.3 is 0 Å². The van der Waals surface area contributed by atoms with Crippen LogP contribution in [0.1, 0.15) is 6.92 Å². The van der Waals surface area contributed by atoms with Gasteiger partial charge in [-0.3, -0.25) is 9.59 Å². The topological polar surface area (TPSA) is 92.7 Å². The van der Waals surface area contributed by atoms with Gasteiger partial charge in [0.25, 0.3) is 5.56 Å². The SMILES string of the molecule is CCn1c(SCC(=O)Nc2ccc(F)c(Cl)c2)nc2c(=O)[nH]cnc21. The highest BCUT2D eigenvalue weighted by Crippen LogP contribution is 2.22. The van der Waals surface area contributed by atoms with Crippen LogP contribution in [0.25, 0.3) is 11.2 Å². The number of fused-ring (bicyclic) bond motifs is 1. The molecule has 3 rings (SSSR count). The third kappa shape index (κ3) is 3.67. The lowest BCUT2D eigenvalue weighted by molar-refractivity contribution is -0.113. The summed E-state index contributed by atoms with van der Waals surface area (Å²) in [5.41, 5.74) is 0.778. The molecule has 0 aliphatic carbocycles. The van der Waals surface area contributed by atoms with E-state index in [9.17, 15) is 14.0 Å². The van der Waals surface area contributed by atoms with E-state index in [0.717, 1.165) is 0 Å². The molecule has 0 radical (unpaired) electrons. The van der Waals surface area contributed by atoms with Gasteiger partial charge in [0.2, 0.25) is 5.91 Å². The van der Waals surface area contributed by atoms with Gasteiger partial charge < -0.3 is 14.9 Å². The molecule has 0 saturated carbocycles. The zero-order chi connectivity index (χ0) is 18.0. The molecule has 0 bridgehead atoms. The molecule has 0 spiro atoms. The number of aromatic amines is 1. The number of hydrogen-bond acceptors (Lipinski definition) is 5. The summed E-state index contributed by atoms with van der Waals surface area (Å²) in [5, 5.41) is 3.09. The van der Waals surface area contributed by atoms with Gasteiger partial charge in [0.05, 0.1) is 17.1 Å². The summed E-state index contributed by atoms with van der Waals surface area (Å²) in [7, 11) is 0. The summed E-state index contributed by atoms with van der Waals surface area (Å²) in [6, 6.07) is 3.94. The third-order valence-electron chi connectivity index (χ3n) is 3.36. The first kappa shape index (κ1) is 17.4. The zero-order valence-electron chi connectivity index (χ0n) is 13.0. The van der Waals surface area contributed by atoms with Crippen molar-refractivity contribution in [2.24, 2.45) is 0 Å². The van der Waals surface area contributed by atoms with Crippen molar-refractivity contribution in [1.29, 1.82) is 0 Å². The Balaban J connectivity index is 1.73. The highest BCUT2D eigenvalue weighted by atomic mass is 35.5. The molecule has 7 nitrogen and oxygen atoms in total. The number of benzene rings is 1. The van der Waals surface area contributed by atoms with Gasteiger partial charge in [0, 0.05) is 12.2 Å². The smallest absolute Gasteiger partial charge is 0.278 e. The fourth-order valence-corrected chi connectivity index (χ4v) is 3.26. The van der Waals surface area contributed by atoms with Gasteiger partial charge in [-0.25, -0.2) is 14.4 Å². The molecule has 0 aliphatic heterocycles. The van der Waals surface area contributed by atoms with Gasteiger partial charge in [0.1, 0.15) is 5.82 Å². The Bertz CT molecular complexity index is 1000. The number of thioether (sulfide) groups is 1. The second-order valence-corrected chi connectivity index (χ2v) is 6.36. The Morgan fingerprint density at radius 3 is 3.00 bits per heavy atom. The van der Waals surface area contributed by atoms with E-state index in [-0.39, 0.29) is 27.8 Å². The summed E-state index contributed by atoms with van der Waals surface area (Å²) in [5.74, 6) is -0.788. The van der Waals surface area contributed by atoms with Gasteiger partial charge in [-0.2, -0.15) is 0 Å². The molecule has 0 fully saturated rings. The Kier molecular flexibility index (Phi) is 5.05. The fourth-order valence-electron chi connectivity index (χ4n) is 2.22. The quantitative estimate of drug-likeness (QED) is 0.663. The number of nitrogens with zero attached hydrogens (tertiary/aromatic N) is 3. The molecule has 1 amide bonds. The monoisotopic (exact) mass is 381 g/mol. The lowest BCUT2D eigenvalue weighted by Crippen LogP contribution is -2.14. The standard InChI is InChI=1S/C15H13ClFN5O2S/c1-2-22-13-12(14(24)19-7-18-13)21-15(22)25-6-11(23)20-8-3-4-10(17)9(16)5-8/h3-5,7H,2,6H2,1H3,(H,20,23)(H,18,19,24). The maximum absolute atomic E-state index is 13.1. The predicted molar refractivity (Wildman–Crippen MR) is 94.6 cm³/mol. The van der Waals surface area contributed by atoms with Crippen LogP contribution in [-0.2, 0) is 11.3 Å². The molecule has 10 heteroatoms. The highest BCUT2D eigenvalue weighted by Gasteiger charge is 2.15. The van der Waals surface area contributed by atoms with Gasteiger partial charge in [-0.15, -0.1) is 0 Å². The van der Waals surface area contributed by atoms with Crippen LogP contribution in [0.5, 0.6) is 0 Å². The average Bonchev–Trinajstić information content (AvgIpc) is 2.95. The molecule has 25 heavy (non-hydrogen) atoms. The van der Waals surface area contributed by atoms with E-state index in [0.29, 0.717) is 23.0 Å². The normalized spacial score (nSPS) is 11.0. The summed E-state index contributed by atoms with van der Waals surface area (Å²) < 4.78 is 14.9. The number of halogens is 2. The van der Waals surface area contributed by atoms with Gasteiger partial charge in [-0.1, -0.05) is 23.4 Å². The number of nitrogens with one attached hydrogen (secondary N) is 2. The number of imidazole rings is 1. The molecular formula is C15H13ClFN5O2S. The van der Waals surface area contributed by atoms with E-state index >= 15 is 0 Å². The van der Waals surface area contributed by atoms with E-state index in [4.69, 9.17) is 11.6 Å². The minimum Gasteiger partial charge on any atom is -0.325 e. The number of anilines is 1. The predicted octanol–water partition coefficient (Wildman–Crippen LogP) is 2.66. The minimum atomic E-state index is -0.552. The first-order chi connectivity index (χ1) is 12.0. The molecule has 2 N–H and O–H groups in total. The van der Waals surface area contributed by atoms with Crippen molar-refractivity contribution in [3.05, 3.63) is 45.7 Å². The Hall–Kier alpha value is -2.39. The largest absolute Gasteiger partial charge is 0.325 e. The van der Waals surface area contributed by atoms with Crippen LogP contribution < -0.4 is 10.9 Å². The number of hydrogen-bond donors (Lipinski definition) is 2. The molecule has 2 aromatic heterocycles. The van der Waals surface area contributed by atoms with Crippen LogP contribution >= 0.6 is 23.4 Å². The molecule has 2 heterocycles. The Labute approximate surface area is 150 Å². The van der Waals surface area contributed by atoms with E-state index in [2.05, 4.69) is 20.3 Å². The van der Waals surface area contributed by atoms with Crippen molar-refractivity contribution in [2.45, 2.75) is 18.6 Å². The van der Waals surface area contributed by atoms with Gasteiger partial charge in [0.15, 0.2) is 16.3 Å². The summed E-state index contributed by atoms with van der Waals surface area (Å²) in [6.07, 6.45) is 1.32. The summed E-state index contributed by atoms with van der Waals surface area (Å²) in [6.45, 7) is 2.46. The maximum atomic E-state index is 13.1. The lowest BCUT2D eigenvalue weighted by atomic mass is 10.3. The second-order valence-electron chi connectivity index (χ2n) is 5.01. The molecular weight excluding hydrogens is 369 g/mol. The highest BCUT2D eigenvalue weighted by molar-refractivity contribution is 7.99. The summed E-state index contributed by atoms with van der Waals surface area (Å²) in [4.78, 5) is 34.7. The van der Waals surface area contributed by atoms with Crippen molar-refractivity contribution in [3.63, 3.8) is 0 Å². The molecule has 1 aromatic carbocycles. The second kappa shape index (κ2) is 7.24. The van der Waals surface area contributed by atoms with Crippen molar-refractivity contribution in [3.8, 4) is 0 Å². The molecule has 130 valence electrons. The van der Waals surface area contributed by atoms with E-state index in [1.165, 1.54) is 36.3 Å². The van der Waals surface area contributed by atoms with Gasteiger partial charge in [-0.05, 0) is 25.1 Å². The Morgan fingerprint density at radius 1 is 1.48 bits per heavy atom. The number of H-pyrrole nitrogens is 1. The maximum Gasteiger partial charge on any atom is 0.278 e. The summed E-state index contributed by atoms with van der Waals surface area (Å²) >= 11 is 6.87. The Morgan fingerprint density at radius 2 is 2.28 bits per heavy atom.